The number of carboxylic acids is 1. The predicted molar refractivity (Wildman–Crippen MR) is 137 cm³/mol. The summed E-state index contributed by atoms with van der Waals surface area (Å²) in [6.07, 6.45) is 1.94. The molecule has 4 nitrogen and oxygen atoms in total. The van der Waals surface area contributed by atoms with Crippen molar-refractivity contribution < 1.29 is 44.3 Å². The molecular weight excluding hydrogens is 457 g/mol. The zero-order valence-electron chi connectivity index (χ0n) is 20.6. The fourth-order valence-electron chi connectivity index (χ4n) is 4.15. The van der Waals surface area contributed by atoms with Gasteiger partial charge in [-0.1, -0.05) is 97.1 Å². The number of benzene rings is 4. The molecule has 0 aliphatic carbocycles. The fourth-order valence-corrected chi connectivity index (χ4v) is 4.15. The van der Waals surface area contributed by atoms with Gasteiger partial charge >= 0.3 is 29.6 Å². The summed E-state index contributed by atoms with van der Waals surface area (Å²) in [4.78, 5) is 26.5. The van der Waals surface area contributed by atoms with Gasteiger partial charge in [-0.2, -0.15) is 0 Å². The molecule has 0 heterocycles. The summed E-state index contributed by atoms with van der Waals surface area (Å²) in [5, 5.41) is 11.3. The Kier molecular flexibility index (Phi) is 10.5. The first-order valence-electron chi connectivity index (χ1n) is 11.8. The van der Waals surface area contributed by atoms with E-state index >= 15 is 0 Å². The van der Waals surface area contributed by atoms with Crippen LogP contribution in [0.3, 0.4) is 0 Å². The first-order valence-corrected chi connectivity index (χ1v) is 11.8. The molecular formula is C31H28NNaO3. The Bertz CT molecular complexity index is 1280. The normalized spacial score (nSPS) is 10.3. The summed E-state index contributed by atoms with van der Waals surface area (Å²) >= 11 is 0. The molecule has 4 aromatic rings. The number of carbonyl (C=O) groups is 2. The molecule has 0 N–H and O–H groups in total. The van der Waals surface area contributed by atoms with Gasteiger partial charge in [-0.25, -0.2) is 0 Å². The Morgan fingerprint density at radius 3 is 1.83 bits per heavy atom. The quantitative estimate of drug-likeness (QED) is 0.323. The van der Waals surface area contributed by atoms with Crippen molar-refractivity contribution in [2.75, 3.05) is 6.54 Å². The number of amides is 1. The minimum atomic E-state index is -1.20. The Labute approximate surface area is 234 Å². The number of hydrogen-bond donors (Lipinski definition) is 0. The van der Waals surface area contributed by atoms with Crippen molar-refractivity contribution in [3.8, 4) is 11.1 Å². The molecule has 36 heavy (non-hydrogen) atoms. The minimum absolute atomic E-state index is 0. The molecule has 0 unspecified atom stereocenters. The van der Waals surface area contributed by atoms with Gasteiger partial charge < -0.3 is 14.8 Å². The molecule has 0 radical (unpaired) electrons. The molecule has 0 fully saturated rings. The van der Waals surface area contributed by atoms with E-state index in [1.165, 1.54) is 11.6 Å². The van der Waals surface area contributed by atoms with E-state index in [1.54, 1.807) is 12.1 Å². The Morgan fingerprint density at radius 1 is 0.639 bits per heavy atom. The zero-order chi connectivity index (χ0) is 24.5. The summed E-state index contributed by atoms with van der Waals surface area (Å²) < 4.78 is 0. The number of rotatable bonds is 10. The molecule has 0 spiro atoms. The van der Waals surface area contributed by atoms with Gasteiger partial charge in [0.05, 0.1) is 5.97 Å². The van der Waals surface area contributed by atoms with Gasteiger partial charge in [0.25, 0.3) is 0 Å². The van der Waals surface area contributed by atoms with Gasteiger partial charge in [0.1, 0.15) is 0 Å². The van der Waals surface area contributed by atoms with Crippen LogP contribution in [0.4, 0.5) is 0 Å². The first kappa shape index (κ1) is 27.4. The molecule has 1 amide bonds. The van der Waals surface area contributed by atoms with E-state index in [9.17, 15) is 14.7 Å². The van der Waals surface area contributed by atoms with Crippen molar-refractivity contribution in [1.82, 2.24) is 4.90 Å². The third-order valence-electron chi connectivity index (χ3n) is 6.07. The van der Waals surface area contributed by atoms with E-state index < -0.39 is 5.97 Å². The molecule has 4 rings (SSSR count). The second-order valence-electron chi connectivity index (χ2n) is 8.61. The predicted octanol–water partition coefficient (Wildman–Crippen LogP) is 1.93. The average molecular weight is 486 g/mol. The number of aryl methyl sites for hydroxylation is 1. The Hall–Kier alpha value is -3.18. The molecule has 176 valence electrons. The van der Waals surface area contributed by atoms with Crippen LogP contribution in [0.2, 0.25) is 0 Å². The van der Waals surface area contributed by atoms with Crippen LogP contribution >= 0.6 is 0 Å². The standard InChI is InChI=1S/C31H29NO3.Na/c33-30(18-17-24-9-3-1-4-10-24)32(20-19-25-11-5-2-6-12-25)23-26-13-7-14-27(21-26)28-15-8-16-29(22-28)31(34)35;/h1-16,21-22H,17-20,23H2,(H,34,35);/q;+1/p-1. The van der Waals surface area contributed by atoms with Crippen LogP contribution in [0.25, 0.3) is 11.1 Å². The topological polar surface area (TPSA) is 60.4 Å². The molecule has 5 heteroatoms. The van der Waals surface area contributed by atoms with E-state index in [4.69, 9.17) is 0 Å². The van der Waals surface area contributed by atoms with Gasteiger partial charge in [-0.3, -0.25) is 4.79 Å². The van der Waals surface area contributed by atoms with Crippen LogP contribution < -0.4 is 34.7 Å². The van der Waals surface area contributed by atoms with E-state index in [0.717, 1.165) is 28.7 Å². The molecule has 0 bridgehead atoms. The van der Waals surface area contributed by atoms with Crippen LogP contribution in [0.15, 0.2) is 109 Å². The fraction of sp³-hybridized carbons (Fsp3) is 0.161. The van der Waals surface area contributed by atoms with Gasteiger partial charge in [0.2, 0.25) is 5.91 Å². The molecule has 4 aromatic carbocycles. The largest absolute Gasteiger partial charge is 1.00 e. The van der Waals surface area contributed by atoms with E-state index in [2.05, 4.69) is 12.1 Å². The smallest absolute Gasteiger partial charge is 0.545 e. The van der Waals surface area contributed by atoms with E-state index in [-0.39, 0.29) is 41.0 Å². The number of carboxylic acid groups (broad SMARTS) is 1. The van der Waals surface area contributed by atoms with Gasteiger partial charge in [-0.05, 0) is 58.4 Å². The van der Waals surface area contributed by atoms with Crippen LogP contribution in [0.1, 0.15) is 33.5 Å². The van der Waals surface area contributed by atoms with Crippen molar-refractivity contribution in [3.05, 3.63) is 131 Å². The van der Waals surface area contributed by atoms with E-state index in [1.807, 2.05) is 83.8 Å². The van der Waals surface area contributed by atoms with Crippen LogP contribution in [0.5, 0.6) is 0 Å². The maximum atomic E-state index is 13.3. The summed E-state index contributed by atoms with van der Waals surface area (Å²) in [5.41, 5.74) is 5.21. The summed E-state index contributed by atoms with van der Waals surface area (Å²) in [7, 11) is 0. The molecule has 0 aliphatic heterocycles. The second kappa shape index (κ2) is 13.8. The van der Waals surface area contributed by atoms with Gasteiger partial charge in [-0.15, -0.1) is 0 Å². The van der Waals surface area contributed by atoms with Crippen molar-refractivity contribution in [3.63, 3.8) is 0 Å². The summed E-state index contributed by atoms with van der Waals surface area (Å²) in [6.45, 7) is 1.12. The molecule has 0 atom stereocenters. The first-order chi connectivity index (χ1) is 17.1. The molecule has 0 aliphatic rings. The number of aromatic carboxylic acids is 1. The van der Waals surface area contributed by atoms with Crippen molar-refractivity contribution in [2.24, 2.45) is 0 Å². The summed E-state index contributed by atoms with van der Waals surface area (Å²) in [6, 6.07) is 34.9. The van der Waals surface area contributed by atoms with Crippen molar-refractivity contribution in [1.29, 1.82) is 0 Å². The summed E-state index contributed by atoms with van der Waals surface area (Å²) in [5.74, 6) is -1.08. The van der Waals surface area contributed by atoms with Crippen LogP contribution in [0, 0.1) is 0 Å². The Balaban J connectivity index is 0.00000361. The van der Waals surface area contributed by atoms with Gasteiger partial charge in [0.15, 0.2) is 0 Å². The third kappa shape index (κ3) is 7.92. The minimum Gasteiger partial charge on any atom is -0.545 e. The van der Waals surface area contributed by atoms with Gasteiger partial charge in [0, 0.05) is 19.5 Å². The van der Waals surface area contributed by atoms with Crippen LogP contribution in [-0.2, 0) is 24.2 Å². The third-order valence-corrected chi connectivity index (χ3v) is 6.07. The second-order valence-corrected chi connectivity index (χ2v) is 8.61. The molecule has 0 aromatic heterocycles. The SMILES string of the molecule is O=C([O-])c1cccc(-c2cccc(CN(CCc3ccccc3)C(=O)CCc3ccccc3)c2)c1.[Na+]. The molecule has 0 saturated heterocycles. The average Bonchev–Trinajstić information content (AvgIpc) is 2.91. The molecule has 0 saturated carbocycles. The number of hydrogen-bond acceptors (Lipinski definition) is 3. The Morgan fingerprint density at radius 2 is 1.19 bits per heavy atom. The van der Waals surface area contributed by atoms with Crippen molar-refractivity contribution >= 4 is 11.9 Å². The van der Waals surface area contributed by atoms with E-state index in [0.29, 0.717) is 25.9 Å². The number of nitrogens with zero attached hydrogens (tertiary/aromatic N) is 1. The maximum Gasteiger partial charge on any atom is 1.00 e. The van der Waals surface area contributed by atoms with Crippen LogP contribution in [-0.4, -0.2) is 23.3 Å². The monoisotopic (exact) mass is 485 g/mol. The zero-order valence-corrected chi connectivity index (χ0v) is 22.6. The van der Waals surface area contributed by atoms with Crippen molar-refractivity contribution in [2.45, 2.75) is 25.8 Å². The number of carbonyl (C=O) groups excluding carboxylic acids is 2. The maximum absolute atomic E-state index is 13.3.